The third-order valence-corrected chi connectivity index (χ3v) is 4.33. The van der Waals surface area contributed by atoms with E-state index in [-0.39, 0.29) is 5.25 Å². The number of anilines is 3. The molecule has 2 atom stereocenters. The summed E-state index contributed by atoms with van der Waals surface area (Å²) >= 11 is 0. The van der Waals surface area contributed by atoms with Gasteiger partial charge in [0.05, 0.1) is 0 Å². The van der Waals surface area contributed by atoms with Gasteiger partial charge in [-0.1, -0.05) is 13.8 Å². The lowest BCUT2D eigenvalue weighted by atomic mass is 10.3. The lowest BCUT2D eigenvalue weighted by Crippen LogP contribution is -2.19. The van der Waals surface area contributed by atoms with E-state index in [9.17, 15) is 4.21 Å². The predicted octanol–water partition coefficient (Wildman–Crippen LogP) is 1.33. The molecule has 8 heteroatoms. The van der Waals surface area contributed by atoms with Crippen molar-refractivity contribution in [1.29, 1.82) is 0 Å². The molecule has 0 aliphatic heterocycles. The number of aromatic nitrogens is 3. The van der Waals surface area contributed by atoms with Crippen LogP contribution < -0.4 is 15.5 Å². The smallest absolute Gasteiger partial charge is 0.231 e. The Balaban J connectivity index is 2.71. The van der Waals surface area contributed by atoms with Crippen molar-refractivity contribution in [3.05, 3.63) is 0 Å². The van der Waals surface area contributed by atoms with Crippen molar-refractivity contribution in [3.63, 3.8) is 0 Å². The monoisotopic (exact) mass is 314 g/mol. The van der Waals surface area contributed by atoms with Gasteiger partial charge in [-0.05, 0) is 12.8 Å². The SMILES string of the molecule is CCCNc1nc(NCCC(C)S(C)=O)nc(N(C)C)n1. The Morgan fingerprint density at radius 1 is 1.14 bits per heavy atom. The molecule has 21 heavy (non-hydrogen) atoms. The van der Waals surface area contributed by atoms with Crippen LogP contribution in [0, 0.1) is 0 Å². The van der Waals surface area contributed by atoms with Gasteiger partial charge in [0.15, 0.2) is 0 Å². The van der Waals surface area contributed by atoms with E-state index in [0.29, 0.717) is 24.4 Å². The predicted molar refractivity (Wildman–Crippen MR) is 89.6 cm³/mol. The van der Waals surface area contributed by atoms with Crippen molar-refractivity contribution in [3.8, 4) is 0 Å². The maximum Gasteiger partial charge on any atom is 0.231 e. The van der Waals surface area contributed by atoms with Crippen molar-refractivity contribution in [2.24, 2.45) is 0 Å². The first-order valence-corrected chi connectivity index (χ1v) is 8.79. The fourth-order valence-electron chi connectivity index (χ4n) is 1.51. The average Bonchev–Trinajstić information content (AvgIpc) is 2.44. The molecule has 1 rings (SSSR count). The van der Waals surface area contributed by atoms with Crippen LogP contribution in [0.1, 0.15) is 26.7 Å². The maximum atomic E-state index is 11.3. The Morgan fingerprint density at radius 3 is 2.19 bits per heavy atom. The van der Waals surface area contributed by atoms with Crippen LogP contribution in [0.5, 0.6) is 0 Å². The van der Waals surface area contributed by atoms with Gasteiger partial charge >= 0.3 is 0 Å². The summed E-state index contributed by atoms with van der Waals surface area (Å²) in [5, 5.41) is 6.51. The van der Waals surface area contributed by atoms with Crippen LogP contribution in [-0.4, -0.2) is 57.9 Å². The zero-order chi connectivity index (χ0) is 15.8. The third kappa shape index (κ3) is 6.24. The molecule has 0 saturated carbocycles. The molecule has 1 heterocycles. The lowest BCUT2D eigenvalue weighted by molar-refractivity contribution is 0.672. The van der Waals surface area contributed by atoms with E-state index in [1.54, 1.807) is 6.26 Å². The highest BCUT2D eigenvalue weighted by Gasteiger charge is 2.09. The number of hydrogen-bond donors (Lipinski definition) is 2. The Bertz CT molecular complexity index is 468. The minimum Gasteiger partial charge on any atom is -0.354 e. The molecule has 0 aliphatic carbocycles. The van der Waals surface area contributed by atoms with Crippen LogP contribution in [-0.2, 0) is 10.8 Å². The van der Waals surface area contributed by atoms with Gasteiger partial charge in [0, 0.05) is 49.5 Å². The van der Waals surface area contributed by atoms with Crippen molar-refractivity contribution in [2.75, 3.05) is 49.0 Å². The molecule has 0 amide bonds. The molecule has 0 spiro atoms. The van der Waals surface area contributed by atoms with E-state index in [0.717, 1.165) is 19.4 Å². The van der Waals surface area contributed by atoms with Crippen LogP contribution >= 0.6 is 0 Å². The lowest BCUT2D eigenvalue weighted by Gasteiger charge is -2.14. The Morgan fingerprint density at radius 2 is 1.71 bits per heavy atom. The molecule has 2 unspecified atom stereocenters. The minimum absolute atomic E-state index is 0.158. The van der Waals surface area contributed by atoms with Gasteiger partial charge < -0.3 is 15.5 Å². The summed E-state index contributed by atoms with van der Waals surface area (Å²) < 4.78 is 11.3. The molecule has 0 fully saturated rings. The zero-order valence-electron chi connectivity index (χ0n) is 13.5. The first kappa shape index (κ1) is 17.6. The molecule has 0 saturated heterocycles. The molecule has 0 aromatic carbocycles. The second kappa shape index (κ2) is 8.76. The summed E-state index contributed by atoms with van der Waals surface area (Å²) in [6, 6.07) is 0. The number of hydrogen-bond acceptors (Lipinski definition) is 7. The quantitative estimate of drug-likeness (QED) is 0.711. The molecule has 120 valence electrons. The van der Waals surface area contributed by atoms with Gasteiger partial charge in [0.2, 0.25) is 17.8 Å². The van der Waals surface area contributed by atoms with E-state index >= 15 is 0 Å². The van der Waals surface area contributed by atoms with Gasteiger partial charge in [-0.15, -0.1) is 0 Å². The molecule has 0 radical (unpaired) electrons. The fourth-order valence-corrected chi connectivity index (χ4v) is 1.96. The summed E-state index contributed by atoms with van der Waals surface area (Å²) in [6.45, 7) is 5.57. The highest BCUT2D eigenvalue weighted by molar-refractivity contribution is 7.84. The fraction of sp³-hybridized carbons (Fsp3) is 0.769. The van der Waals surface area contributed by atoms with Crippen LogP contribution in [0.15, 0.2) is 0 Å². The number of rotatable bonds is 9. The van der Waals surface area contributed by atoms with Crippen LogP contribution in [0.4, 0.5) is 17.8 Å². The largest absolute Gasteiger partial charge is 0.354 e. The molecular formula is C13H26N6OS. The highest BCUT2D eigenvalue weighted by atomic mass is 32.2. The molecular weight excluding hydrogens is 288 g/mol. The molecule has 1 aromatic rings. The second-order valence-corrected chi connectivity index (χ2v) is 6.93. The van der Waals surface area contributed by atoms with E-state index in [2.05, 4.69) is 32.5 Å². The van der Waals surface area contributed by atoms with Crippen molar-refractivity contribution >= 4 is 28.6 Å². The van der Waals surface area contributed by atoms with Crippen LogP contribution in [0.2, 0.25) is 0 Å². The van der Waals surface area contributed by atoms with Crippen molar-refractivity contribution in [2.45, 2.75) is 31.9 Å². The molecule has 7 nitrogen and oxygen atoms in total. The summed E-state index contributed by atoms with van der Waals surface area (Å²) in [5.74, 6) is 1.73. The molecule has 0 aliphatic rings. The van der Waals surface area contributed by atoms with Gasteiger partial charge in [-0.2, -0.15) is 15.0 Å². The standard InChI is InChI=1S/C13H26N6OS/c1-6-8-14-11-16-12(18-13(17-11)19(3)4)15-9-7-10(2)21(5)20/h10H,6-9H2,1-5H3,(H2,14,15,16,17,18). The van der Waals surface area contributed by atoms with Crippen molar-refractivity contribution in [1.82, 2.24) is 15.0 Å². The van der Waals surface area contributed by atoms with E-state index < -0.39 is 10.8 Å². The Hall–Kier alpha value is -1.44. The molecule has 0 bridgehead atoms. The van der Waals surface area contributed by atoms with Gasteiger partial charge in [-0.25, -0.2) is 0 Å². The maximum absolute atomic E-state index is 11.3. The first-order chi connectivity index (χ1) is 9.93. The van der Waals surface area contributed by atoms with Gasteiger partial charge in [-0.3, -0.25) is 4.21 Å². The topological polar surface area (TPSA) is 83.0 Å². The van der Waals surface area contributed by atoms with E-state index in [1.165, 1.54) is 0 Å². The third-order valence-electron chi connectivity index (χ3n) is 2.96. The van der Waals surface area contributed by atoms with Crippen LogP contribution in [0.3, 0.4) is 0 Å². The Labute approximate surface area is 129 Å². The highest BCUT2D eigenvalue weighted by Crippen LogP contribution is 2.11. The second-order valence-electron chi connectivity index (χ2n) is 5.13. The van der Waals surface area contributed by atoms with Gasteiger partial charge in [0.25, 0.3) is 0 Å². The van der Waals surface area contributed by atoms with E-state index in [4.69, 9.17) is 0 Å². The normalized spacial score (nSPS) is 13.6. The van der Waals surface area contributed by atoms with E-state index in [1.807, 2.05) is 25.9 Å². The summed E-state index contributed by atoms with van der Waals surface area (Å²) in [5.41, 5.74) is 0. The molecule has 2 N–H and O–H groups in total. The van der Waals surface area contributed by atoms with Gasteiger partial charge in [0.1, 0.15) is 0 Å². The zero-order valence-corrected chi connectivity index (χ0v) is 14.3. The Kier molecular flexibility index (Phi) is 7.35. The number of nitrogens with one attached hydrogen (secondary N) is 2. The minimum atomic E-state index is -0.802. The number of nitrogens with zero attached hydrogens (tertiary/aromatic N) is 4. The first-order valence-electron chi connectivity index (χ1n) is 7.17. The van der Waals surface area contributed by atoms with Crippen molar-refractivity contribution < 1.29 is 4.21 Å². The summed E-state index contributed by atoms with van der Waals surface area (Å²) in [4.78, 5) is 14.9. The van der Waals surface area contributed by atoms with Crippen LogP contribution in [0.25, 0.3) is 0 Å². The summed E-state index contributed by atoms with van der Waals surface area (Å²) in [7, 11) is 2.99. The average molecular weight is 314 g/mol. The molecule has 1 aromatic heterocycles. The summed E-state index contributed by atoms with van der Waals surface area (Å²) in [6.07, 6.45) is 3.54.